The third-order valence-corrected chi connectivity index (χ3v) is 4.77. The molecule has 1 aromatic rings. The van der Waals surface area contributed by atoms with Crippen LogP contribution in [0.4, 0.5) is 5.69 Å². The van der Waals surface area contributed by atoms with Crippen LogP contribution in [-0.2, 0) is 9.59 Å². The van der Waals surface area contributed by atoms with Crippen molar-refractivity contribution in [3.8, 4) is 0 Å². The monoisotopic (exact) mass is 330 g/mol. The van der Waals surface area contributed by atoms with Crippen LogP contribution in [0.15, 0.2) is 24.3 Å². The van der Waals surface area contributed by atoms with Gasteiger partial charge in [0.1, 0.15) is 0 Å². The average Bonchev–Trinajstić information content (AvgIpc) is 2.55. The molecule has 24 heavy (non-hydrogen) atoms. The molecule has 1 N–H and O–H groups in total. The maximum atomic E-state index is 12.9. The third kappa shape index (κ3) is 4.59. The summed E-state index contributed by atoms with van der Waals surface area (Å²) in [5.74, 6) is 0.437. The Morgan fingerprint density at radius 3 is 2.33 bits per heavy atom. The molecule has 0 heterocycles. The van der Waals surface area contributed by atoms with E-state index in [-0.39, 0.29) is 29.7 Å². The highest BCUT2D eigenvalue weighted by atomic mass is 16.2. The number of amides is 2. The smallest absolute Gasteiger partial charge is 0.230 e. The van der Waals surface area contributed by atoms with E-state index in [0.29, 0.717) is 6.54 Å². The second kappa shape index (κ2) is 8.32. The first-order chi connectivity index (χ1) is 11.4. The molecule has 2 amide bonds. The van der Waals surface area contributed by atoms with Gasteiger partial charge in [0, 0.05) is 30.1 Å². The van der Waals surface area contributed by atoms with Crippen LogP contribution >= 0.6 is 0 Å². The first-order valence-electron chi connectivity index (χ1n) is 9.10. The second-order valence-corrected chi connectivity index (χ2v) is 7.13. The molecule has 0 atom stereocenters. The summed E-state index contributed by atoms with van der Waals surface area (Å²) in [6, 6.07) is 8.27. The van der Waals surface area contributed by atoms with Gasteiger partial charge in [0.25, 0.3) is 0 Å². The van der Waals surface area contributed by atoms with Crippen molar-refractivity contribution in [3.63, 3.8) is 0 Å². The van der Waals surface area contributed by atoms with Crippen molar-refractivity contribution >= 4 is 17.5 Å². The third-order valence-electron chi connectivity index (χ3n) is 4.77. The summed E-state index contributed by atoms with van der Waals surface area (Å²) < 4.78 is 0. The molecular weight excluding hydrogens is 300 g/mol. The van der Waals surface area contributed by atoms with Crippen molar-refractivity contribution in [3.05, 3.63) is 29.8 Å². The highest BCUT2D eigenvalue weighted by Crippen LogP contribution is 2.31. The minimum atomic E-state index is 0.0357. The molecule has 0 radical (unpaired) electrons. The minimum Gasteiger partial charge on any atom is -0.354 e. The fourth-order valence-electron chi connectivity index (χ4n) is 3.49. The zero-order valence-corrected chi connectivity index (χ0v) is 15.3. The van der Waals surface area contributed by atoms with Crippen LogP contribution in [0, 0.1) is 18.8 Å². The lowest BCUT2D eigenvalue weighted by Crippen LogP contribution is -2.41. The number of anilines is 1. The van der Waals surface area contributed by atoms with Gasteiger partial charge in [-0.3, -0.25) is 9.59 Å². The normalized spacial score (nSPS) is 20.7. The molecule has 1 fully saturated rings. The molecule has 0 spiro atoms. The number of hydrogen-bond donors (Lipinski definition) is 1. The van der Waals surface area contributed by atoms with Crippen molar-refractivity contribution in [2.45, 2.75) is 59.4 Å². The number of aryl methyl sites for hydroxylation is 1. The molecule has 4 heteroatoms. The van der Waals surface area contributed by atoms with Crippen molar-refractivity contribution in [2.75, 3.05) is 11.4 Å². The highest BCUT2D eigenvalue weighted by molar-refractivity contribution is 5.95. The SMILES string of the molecule is CCN(C(=O)C1CCC(C(=O)NC(C)C)CC1)c1cccc(C)c1. The number of nitrogens with one attached hydrogen (secondary N) is 1. The number of benzene rings is 1. The highest BCUT2D eigenvalue weighted by Gasteiger charge is 2.32. The Labute approximate surface area is 145 Å². The Balaban J connectivity index is 1.97. The first-order valence-corrected chi connectivity index (χ1v) is 9.10. The van der Waals surface area contributed by atoms with Gasteiger partial charge < -0.3 is 10.2 Å². The predicted molar refractivity (Wildman–Crippen MR) is 97.9 cm³/mol. The topological polar surface area (TPSA) is 49.4 Å². The molecular formula is C20H30N2O2. The van der Waals surface area contributed by atoms with Crippen LogP contribution in [0.3, 0.4) is 0 Å². The number of rotatable bonds is 5. The van der Waals surface area contributed by atoms with Gasteiger partial charge in [-0.05, 0) is 71.1 Å². The Hall–Kier alpha value is -1.84. The van der Waals surface area contributed by atoms with E-state index in [0.717, 1.165) is 36.9 Å². The minimum absolute atomic E-state index is 0.0357. The Bertz CT molecular complexity index is 575. The summed E-state index contributed by atoms with van der Waals surface area (Å²) in [4.78, 5) is 26.9. The van der Waals surface area contributed by atoms with Crippen LogP contribution in [0.2, 0.25) is 0 Å². The molecule has 4 nitrogen and oxygen atoms in total. The maximum absolute atomic E-state index is 12.9. The molecule has 1 saturated carbocycles. The largest absolute Gasteiger partial charge is 0.354 e. The lowest BCUT2D eigenvalue weighted by Gasteiger charge is -2.31. The number of nitrogens with zero attached hydrogens (tertiary/aromatic N) is 1. The van der Waals surface area contributed by atoms with E-state index >= 15 is 0 Å². The molecule has 0 aliphatic heterocycles. The molecule has 132 valence electrons. The summed E-state index contributed by atoms with van der Waals surface area (Å²) in [5, 5.41) is 2.99. The summed E-state index contributed by atoms with van der Waals surface area (Å²) in [7, 11) is 0. The summed E-state index contributed by atoms with van der Waals surface area (Å²) in [6.45, 7) is 8.69. The lowest BCUT2D eigenvalue weighted by atomic mass is 9.80. The van der Waals surface area contributed by atoms with Gasteiger partial charge >= 0.3 is 0 Å². The molecule has 0 unspecified atom stereocenters. The Kier molecular flexibility index (Phi) is 6.41. The molecule has 1 aliphatic rings. The van der Waals surface area contributed by atoms with Gasteiger partial charge in [0.2, 0.25) is 11.8 Å². The summed E-state index contributed by atoms with van der Waals surface area (Å²) in [6.07, 6.45) is 3.22. The van der Waals surface area contributed by atoms with Crippen LogP contribution in [-0.4, -0.2) is 24.4 Å². The summed E-state index contributed by atoms with van der Waals surface area (Å²) >= 11 is 0. The van der Waals surface area contributed by atoms with Gasteiger partial charge in [-0.15, -0.1) is 0 Å². The van der Waals surface area contributed by atoms with Crippen molar-refractivity contribution < 1.29 is 9.59 Å². The lowest BCUT2D eigenvalue weighted by molar-refractivity contribution is -0.129. The van der Waals surface area contributed by atoms with E-state index in [1.807, 2.05) is 50.8 Å². The van der Waals surface area contributed by atoms with Gasteiger partial charge in [-0.1, -0.05) is 12.1 Å². The Morgan fingerprint density at radius 2 is 1.79 bits per heavy atom. The molecule has 1 aliphatic carbocycles. The zero-order valence-electron chi connectivity index (χ0n) is 15.3. The molecule has 1 aromatic carbocycles. The molecule has 0 bridgehead atoms. The maximum Gasteiger partial charge on any atom is 0.230 e. The van der Waals surface area contributed by atoms with Crippen LogP contribution in [0.25, 0.3) is 0 Å². The van der Waals surface area contributed by atoms with Gasteiger partial charge in [0.05, 0.1) is 0 Å². The number of carbonyl (C=O) groups excluding carboxylic acids is 2. The van der Waals surface area contributed by atoms with E-state index in [1.54, 1.807) is 0 Å². The second-order valence-electron chi connectivity index (χ2n) is 7.13. The average molecular weight is 330 g/mol. The quantitative estimate of drug-likeness (QED) is 0.895. The van der Waals surface area contributed by atoms with Crippen LogP contribution in [0.5, 0.6) is 0 Å². The van der Waals surface area contributed by atoms with E-state index in [2.05, 4.69) is 11.4 Å². The first kappa shape index (κ1) is 18.5. The van der Waals surface area contributed by atoms with Crippen LogP contribution in [0.1, 0.15) is 52.0 Å². The van der Waals surface area contributed by atoms with Gasteiger partial charge in [0.15, 0.2) is 0 Å². The van der Waals surface area contributed by atoms with E-state index in [9.17, 15) is 9.59 Å². The van der Waals surface area contributed by atoms with E-state index in [4.69, 9.17) is 0 Å². The van der Waals surface area contributed by atoms with Crippen LogP contribution < -0.4 is 10.2 Å². The summed E-state index contributed by atoms with van der Waals surface area (Å²) in [5.41, 5.74) is 2.13. The van der Waals surface area contributed by atoms with Crippen molar-refractivity contribution in [2.24, 2.45) is 11.8 Å². The number of carbonyl (C=O) groups is 2. The predicted octanol–water partition coefficient (Wildman–Crippen LogP) is 3.68. The fraction of sp³-hybridized carbons (Fsp3) is 0.600. The standard InChI is InChI=1S/C20H30N2O2/c1-5-22(18-8-6-7-15(4)13-18)20(24)17-11-9-16(10-12-17)19(23)21-14(2)3/h6-8,13-14,16-17H,5,9-12H2,1-4H3,(H,21,23). The number of hydrogen-bond acceptors (Lipinski definition) is 2. The van der Waals surface area contributed by atoms with Gasteiger partial charge in [-0.2, -0.15) is 0 Å². The van der Waals surface area contributed by atoms with E-state index < -0.39 is 0 Å². The van der Waals surface area contributed by atoms with Crippen molar-refractivity contribution in [1.29, 1.82) is 0 Å². The van der Waals surface area contributed by atoms with Gasteiger partial charge in [-0.25, -0.2) is 0 Å². The fourth-order valence-corrected chi connectivity index (χ4v) is 3.49. The Morgan fingerprint density at radius 1 is 1.17 bits per heavy atom. The molecule has 0 saturated heterocycles. The van der Waals surface area contributed by atoms with E-state index in [1.165, 1.54) is 0 Å². The molecule has 0 aromatic heterocycles. The van der Waals surface area contributed by atoms with Crippen molar-refractivity contribution in [1.82, 2.24) is 5.32 Å². The molecule has 2 rings (SSSR count). The zero-order chi connectivity index (χ0) is 17.7.